The van der Waals surface area contributed by atoms with Crippen molar-refractivity contribution in [3.05, 3.63) is 35.9 Å². The summed E-state index contributed by atoms with van der Waals surface area (Å²) in [5, 5.41) is 12.6. The van der Waals surface area contributed by atoms with Crippen LogP contribution in [0.25, 0.3) is 0 Å². The van der Waals surface area contributed by atoms with E-state index in [9.17, 15) is 9.90 Å². The molecular weight excluding hydrogens is 302 g/mol. The molecule has 1 aromatic carbocycles. The van der Waals surface area contributed by atoms with E-state index >= 15 is 0 Å². The van der Waals surface area contributed by atoms with Crippen molar-refractivity contribution in [2.75, 3.05) is 40.3 Å². The van der Waals surface area contributed by atoms with E-state index in [1.54, 1.807) is 0 Å². The monoisotopic (exact) mass is 335 g/mol. The fourth-order valence-electron chi connectivity index (χ4n) is 2.38. The molecule has 1 atom stereocenters. The molecule has 2 N–H and O–H groups in total. The molecule has 1 aromatic rings. The lowest BCUT2D eigenvalue weighted by Crippen LogP contribution is -2.49. The number of urea groups is 1. The fourth-order valence-corrected chi connectivity index (χ4v) is 2.38. The minimum Gasteiger partial charge on any atom is -0.394 e. The Bertz CT molecular complexity index is 451. The van der Waals surface area contributed by atoms with Crippen LogP contribution in [0, 0.1) is 5.92 Å². The lowest BCUT2D eigenvalue weighted by molar-refractivity contribution is 0.174. The van der Waals surface area contributed by atoms with Crippen molar-refractivity contribution < 1.29 is 9.90 Å². The second-order valence-electron chi connectivity index (χ2n) is 6.99. The Morgan fingerprint density at radius 3 is 2.33 bits per heavy atom. The average molecular weight is 335 g/mol. The molecule has 0 unspecified atom stereocenters. The summed E-state index contributed by atoms with van der Waals surface area (Å²) in [6.45, 7) is 6.51. The Hall–Kier alpha value is -1.59. The number of rotatable bonds is 10. The molecule has 0 radical (unpaired) electrons. The zero-order valence-electron chi connectivity index (χ0n) is 15.5. The third kappa shape index (κ3) is 8.31. The van der Waals surface area contributed by atoms with Crippen molar-refractivity contribution in [3.63, 3.8) is 0 Å². The van der Waals surface area contributed by atoms with Crippen LogP contribution in [0.1, 0.15) is 25.8 Å². The topological polar surface area (TPSA) is 55.8 Å². The van der Waals surface area contributed by atoms with E-state index in [4.69, 9.17) is 0 Å². The molecule has 5 nitrogen and oxygen atoms in total. The lowest BCUT2D eigenvalue weighted by atomic mass is 10.1. The second kappa shape index (κ2) is 11.0. The molecule has 136 valence electrons. The van der Waals surface area contributed by atoms with Crippen molar-refractivity contribution in [3.8, 4) is 0 Å². The van der Waals surface area contributed by atoms with Gasteiger partial charge < -0.3 is 20.2 Å². The van der Waals surface area contributed by atoms with Gasteiger partial charge in [0.1, 0.15) is 0 Å². The number of nitrogens with one attached hydrogen (secondary N) is 1. The lowest BCUT2D eigenvalue weighted by Gasteiger charge is -2.27. The third-order valence-corrected chi connectivity index (χ3v) is 3.95. The molecule has 0 spiro atoms. The second-order valence-corrected chi connectivity index (χ2v) is 6.99. The molecule has 5 heteroatoms. The van der Waals surface area contributed by atoms with Gasteiger partial charge in [0.15, 0.2) is 0 Å². The number of carbonyl (C=O) groups is 1. The van der Waals surface area contributed by atoms with Crippen LogP contribution in [0.2, 0.25) is 0 Å². The van der Waals surface area contributed by atoms with Gasteiger partial charge in [-0.05, 0) is 38.4 Å². The third-order valence-electron chi connectivity index (χ3n) is 3.95. The summed E-state index contributed by atoms with van der Waals surface area (Å²) in [4.78, 5) is 16.5. The first-order valence-corrected chi connectivity index (χ1v) is 8.77. The SMILES string of the molecule is CC(C)CCN(CCN(C)C)C(=O)N[C@H](CO)Cc1ccccc1. The average Bonchev–Trinajstić information content (AvgIpc) is 2.54. The van der Waals surface area contributed by atoms with Gasteiger partial charge in [0.2, 0.25) is 0 Å². The highest BCUT2D eigenvalue weighted by Gasteiger charge is 2.18. The van der Waals surface area contributed by atoms with E-state index in [0.29, 0.717) is 18.9 Å². The molecule has 0 heterocycles. The molecule has 0 aliphatic rings. The van der Waals surface area contributed by atoms with Gasteiger partial charge in [-0.15, -0.1) is 0 Å². The predicted molar refractivity (Wildman–Crippen MR) is 99.1 cm³/mol. The van der Waals surface area contributed by atoms with Crippen LogP contribution in [0.3, 0.4) is 0 Å². The first-order chi connectivity index (χ1) is 11.4. The van der Waals surface area contributed by atoms with E-state index in [-0.39, 0.29) is 18.7 Å². The summed E-state index contributed by atoms with van der Waals surface area (Å²) in [5.41, 5.74) is 1.11. The molecule has 1 rings (SSSR count). The zero-order valence-corrected chi connectivity index (χ0v) is 15.5. The highest BCUT2D eigenvalue weighted by Crippen LogP contribution is 2.06. The molecule has 0 bridgehead atoms. The molecule has 0 saturated carbocycles. The molecule has 0 aliphatic carbocycles. The molecule has 0 aliphatic heterocycles. The van der Waals surface area contributed by atoms with Gasteiger partial charge in [0, 0.05) is 19.6 Å². The van der Waals surface area contributed by atoms with Gasteiger partial charge in [-0.1, -0.05) is 44.2 Å². The Labute approximate surface area is 146 Å². The smallest absolute Gasteiger partial charge is 0.317 e. The quantitative estimate of drug-likeness (QED) is 0.689. The first kappa shape index (κ1) is 20.5. The van der Waals surface area contributed by atoms with Crippen molar-refractivity contribution in [1.82, 2.24) is 15.1 Å². The summed E-state index contributed by atoms with van der Waals surface area (Å²) < 4.78 is 0. The van der Waals surface area contributed by atoms with Crippen LogP contribution in [-0.4, -0.2) is 67.3 Å². The molecule has 24 heavy (non-hydrogen) atoms. The van der Waals surface area contributed by atoms with Crippen LogP contribution in [0.4, 0.5) is 4.79 Å². The zero-order chi connectivity index (χ0) is 17.9. The summed E-state index contributed by atoms with van der Waals surface area (Å²) >= 11 is 0. The van der Waals surface area contributed by atoms with Gasteiger partial charge in [0.05, 0.1) is 12.6 Å². The van der Waals surface area contributed by atoms with Gasteiger partial charge in [0.25, 0.3) is 0 Å². The van der Waals surface area contributed by atoms with Crippen molar-refractivity contribution in [1.29, 1.82) is 0 Å². The van der Waals surface area contributed by atoms with Crippen LogP contribution in [0.5, 0.6) is 0 Å². The number of carbonyl (C=O) groups excluding carboxylic acids is 1. The summed E-state index contributed by atoms with van der Waals surface area (Å²) in [6.07, 6.45) is 1.61. The minimum absolute atomic E-state index is 0.0632. The van der Waals surface area contributed by atoms with Gasteiger partial charge in [-0.25, -0.2) is 4.79 Å². The van der Waals surface area contributed by atoms with Crippen LogP contribution < -0.4 is 5.32 Å². The largest absolute Gasteiger partial charge is 0.394 e. The maximum absolute atomic E-state index is 12.6. The Morgan fingerprint density at radius 2 is 1.79 bits per heavy atom. The predicted octanol–water partition coefficient (Wildman–Crippen LogP) is 2.21. The number of aliphatic hydroxyl groups is 1. The summed E-state index contributed by atoms with van der Waals surface area (Å²) in [7, 11) is 4.01. The highest BCUT2D eigenvalue weighted by molar-refractivity contribution is 5.74. The number of benzene rings is 1. The maximum atomic E-state index is 12.6. The number of amides is 2. The number of likely N-dealkylation sites (N-methyl/N-ethyl adjacent to an activating group) is 1. The summed E-state index contributed by atoms with van der Waals surface area (Å²) in [5.74, 6) is 0.553. The standard InChI is InChI=1S/C19H33N3O2/c1-16(2)10-11-22(13-12-21(3)4)19(24)20-18(15-23)14-17-8-6-5-7-9-17/h5-9,16,18,23H,10-15H2,1-4H3,(H,20,24)/t18-/m0/s1. The normalized spacial score (nSPS) is 12.5. The van der Waals surface area contributed by atoms with Crippen LogP contribution in [-0.2, 0) is 6.42 Å². The fraction of sp³-hybridized carbons (Fsp3) is 0.632. The molecule has 0 saturated heterocycles. The summed E-state index contributed by atoms with van der Waals surface area (Å²) in [6, 6.07) is 9.57. The van der Waals surface area contributed by atoms with Gasteiger partial charge in [-0.2, -0.15) is 0 Å². The Morgan fingerprint density at radius 1 is 1.12 bits per heavy atom. The first-order valence-electron chi connectivity index (χ1n) is 8.77. The van der Waals surface area contributed by atoms with E-state index in [1.807, 2.05) is 49.3 Å². The van der Waals surface area contributed by atoms with Gasteiger partial charge >= 0.3 is 6.03 Å². The van der Waals surface area contributed by atoms with E-state index < -0.39 is 0 Å². The van der Waals surface area contributed by atoms with Crippen molar-refractivity contribution >= 4 is 6.03 Å². The molecule has 2 amide bonds. The van der Waals surface area contributed by atoms with E-state index in [1.165, 1.54) is 0 Å². The van der Waals surface area contributed by atoms with Crippen molar-refractivity contribution in [2.45, 2.75) is 32.7 Å². The Kier molecular flexibility index (Phi) is 9.42. The number of nitrogens with zero attached hydrogens (tertiary/aromatic N) is 2. The molecule has 0 fully saturated rings. The molecular formula is C19H33N3O2. The number of hydrogen-bond acceptors (Lipinski definition) is 3. The van der Waals surface area contributed by atoms with Crippen LogP contribution in [0.15, 0.2) is 30.3 Å². The van der Waals surface area contributed by atoms with E-state index in [2.05, 4.69) is 24.1 Å². The number of hydrogen-bond donors (Lipinski definition) is 2. The highest BCUT2D eigenvalue weighted by atomic mass is 16.3. The van der Waals surface area contributed by atoms with Crippen molar-refractivity contribution in [2.24, 2.45) is 5.92 Å². The molecule has 0 aromatic heterocycles. The van der Waals surface area contributed by atoms with E-state index in [0.717, 1.165) is 25.1 Å². The minimum atomic E-state index is -0.263. The number of aliphatic hydroxyl groups excluding tert-OH is 1. The maximum Gasteiger partial charge on any atom is 0.317 e. The van der Waals surface area contributed by atoms with Crippen LogP contribution >= 0.6 is 0 Å². The van der Waals surface area contributed by atoms with Gasteiger partial charge in [-0.3, -0.25) is 0 Å². The Balaban J connectivity index is 2.61.